The second kappa shape index (κ2) is 7.92. The van der Waals surface area contributed by atoms with Gasteiger partial charge in [0.2, 0.25) is 5.91 Å². The fourth-order valence-corrected chi connectivity index (χ4v) is 3.12. The van der Waals surface area contributed by atoms with Crippen molar-refractivity contribution < 1.29 is 27.5 Å². The number of amides is 2. The lowest BCUT2D eigenvalue weighted by molar-refractivity contribution is -0.274. The number of rotatable bonds is 5. The molecular weight excluding hydrogens is 373 g/mol. The second-order valence-corrected chi connectivity index (χ2v) is 6.42. The molecule has 0 radical (unpaired) electrons. The first-order valence-corrected chi connectivity index (χ1v) is 8.87. The van der Waals surface area contributed by atoms with Crippen LogP contribution in [-0.2, 0) is 11.2 Å². The first kappa shape index (κ1) is 19.7. The highest BCUT2D eigenvalue weighted by Crippen LogP contribution is 2.31. The maximum Gasteiger partial charge on any atom is 0.573 e. The molecule has 0 aromatic heterocycles. The van der Waals surface area contributed by atoms with Crippen molar-refractivity contribution in [3.8, 4) is 5.75 Å². The number of alkyl halides is 3. The molecule has 1 aliphatic heterocycles. The van der Waals surface area contributed by atoms with E-state index in [4.69, 9.17) is 0 Å². The van der Waals surface area contributed by atoms with Gasteiger partial charge in [-0.3, -0.25) is 9.59 Å². The Kier molecular flexibility index (Phi) is 5.58. The Balaban J connectivity index is 1.72. The Morgan fingerprint density at radius 1 is 1.14 bits per heavy atom. The zero-order valence-corrected chi connectivity index (χ0v) is 15.2. The maximum atomic E-state index is 12.4. The van der Waals surface area contributed by atoms with E-state index in [1.54, 1.807) is 17.0 Å². The third kappa shape index (κ3) is 4.62. The fraction of sp³-hybridized carbons (Fsp3) is 0.300. The van der Waals surface area contributed by atoms with Crippen molar-refractivity contribution >= 4 is 23.2 Å². The average Bonchev–Trinajstić information content (AvgIpc) is 2.63. The Labute approximate surface area is 160 Å². The molecule has 8 heteroatoms. The number of nitrogens with zero attached hydrogens (tertiary/aromatic N) is 1. The highest BCUT2D eigenvalue weighted by molar-refractivity contribution is 6.05. The summed E-state index contributed by atoms with van der Waals surface area (Å²) < 4.78 is 40.4. The third-order valence-electron chi connectivity index (χ3n) is 4.33. The quantitative estimate of drug-likeness (QED) is 0.814. The number of carbonyl (C=O) groups excluding carboxylic acids is 2. The molecule has 148 valence electrons. The monoisotopic (exact) mass is 392 g/mol. The van der Waals surface area contributed by atoms with Crippen molar-refractivity contribution in [1.29, 1.82) is 0 Å². The standard InChI is InChI=1S/C20H19F3N2O3/c1-2-11-25-17-9-6-15(12-14(17)5-10-18(25)26)24-19(27)13-3-7-16(8-4-13)28-20(21,22)23/h3-4,6-9,12H,2,5,10-11H2,1H3,(H,24,27). The van der Waals surface area contributed by atoms with Crippen molar-refractivity contribution in [3.63, 3.8) is 0 Å². The van der Waals surface area contributed by atoms with Gasteiger partial charge in [0, 0.05) is 29.9 Å². The van der Waals surface area contributed by atoms with Crippen molar-refractivity contribution in [2.45, 2.75) is 32.5 Å². The van der Waals surface area contributed by atoms with E-state index < -0.39 is 18.0 Å². The summed E-state index contributed by atoms with van der Waals surface area (Å²) in [6, 6.07) is 10.0. The lowest BCUT2D eigenvalue weighted by Crippen LogP contribution is -2.35. The van der Waals surface area contributed by atoms with Gasteiger partial charge < -0.3 is 15.0 Å². The number of hydrogen-bond donors (Lipinski definition) is 1. The van der Waals surface area contributed by atoms with E-state index in [9.17, 15) is 22.8 Å². The number of carbonyl (C=O) groups is 2. The molecule has 1 N–H and O–H groups in total. The van der Waals surface area contributed by atoms with Gasteiger partial charge in [-0.25, -0.2) is 0 Å². The predicted octanol–water partition coefficient (Wildman–Crippen LogP) is 4.53. The number of aryl methyl sites for hydroxylation is 1. The smallest absolute Gasteiger partial charge is 0.406 e. The van der Waals surface area contributed by atoms with E-state index in [0.29, 0.717) is 25.1 Å². The van der Waals surface area contributed by atoms with Crippen LogP contribution in [0.15, 0.2) is 42.5 Å². The van der Waals surface area contributed by atoms with Gasteiger partial charge in [-0.15, -0.1) is 13.2 Å². The van der Waals surface area contributed by atoms with Crippen molar-refractivity contribution in [2.75, 3.05) is 16.8 Å². The molecular formula is C20H19F3N2O3. The van der Waals surface area contributed by atoms with Crippen molar-refractivity contribution in [1.82, 2.24) is 0 Å². The zero-order chi connectivity index (χ0) is 20.3. The second-order valence-electron chi connectivity index (χ2n) is 6.42. The van der Waals surface area contributed by atoms with Gasteiger partial charge in [-0.1, -0.05) is 6.92 Å². The zero-order valence-electron chi connectivity index (χ0n) is 15.2. The first-order valence-electron chi connectivity index (χ1n) is 8.87. The van der Waals surface area contributed by atoms with E-state index in [0.717, 1.165) is 29.8 Å². The SMILES string of the molecule is CCCN1C(=O)CCc2cc(NC(=O)c3ccc(OC(F)(F)F)cc3)ccc21. The fourth-order valence-electron chi connectivity index (χ4n) is 3.12. The van der Waals surface area contributed by atoms with E-state index in [-0.39, 0.29) is 11.5 Å². The molecule has 0 spiro atoms. The van der Waals surface area contributed by atoms with Crippen molar-refractivity contribution in [3.05, 3.63) is 53.6 Å². The largest absolute Gasteiger partial charge is 0.573 e. The predicted molar refractivity (Wildman–Crippen MR) is 98.5 cm³/mol. The number of fused-ring (bicyclic) bond motifs is 1. The molecule has 3 rings (SSSR count). The maximum absolute atomic E-state index is 12.4. The van der Waals surface area contributed by atoms with Crippen LogP contribution in [0.4, 0.5) is 24.5 Å². The number of anilines is 2. The molecule has 0 bridgehead atoms. The Morgan fingerprint density at radius 3 is 2.50 bits per heavy atom. The molecule has 0 fully saturated rings. The van der Waals surface area contributed by atoms with Crippen LogP contribution in [0.1, 0.15) is 35.7 Å². The molecule has 2 amide bonds. The van der Waals surface area contributed by atoms with Gasteiger partial charge in [0.15, 0.2) is 0 Å². The van der Waals surface area contributed by atoms with Crippen LogP contribution in [0.3, 0.4) is 0 Å². The first-order chi connectivity index (χ1) is 13.3. The summed E-state index contributed by atoms with van der Waals surface area (Å²) >= 11 is 0. The van der Waals surface area contributed by atoms with Crippen LogP contribution in [-0.4, -0.2) is 24.7 Å². The Hall–Kier alpha value is -3.03. The van der Waals surface area contributed by atoms with Crippen LogP contribution in [0.25, 0.3) is 0 Å². The molecule has 0 saturated heterocycles. The van der Waals surface area contributed by atoms with Gasteiger partial charge in [-0.05, 0) is 60.9 Å². The number of halogens is 3. The number of benzene rings is 2. The topological polar surface area (TPSA) is 58.6 Å². The summed E-state index contributed by atoms with van der Waals surface area (Å²) in [5.41, 5.74) is 2.59. The molecule has 28 heavy (non-hydrogen) atoms. The number of hydrogen-bond acceptors (Lipinski definition) is 3. The van der Waals surface area contributed by atoms with E-state index in [2.05, 4.69) is 10.1 Å². The minimum atomic E-state index is -4.78. The molecule has 0 unspecified atom stereocenters. The van der Waals surface area contributed by atoms with Crippen LogP contribution in [0.5, 0.6) is 5.75 Å². The summed E-state index contributed by atoms with van der Waals surface area (Å²) in [5, 5.41) is 2.73. The lowest BCUT2D eigenvalue weighted by Gasteiger charge is -2.29. The molecule has 5 nitrogen and oxygen atoms in total. The van der Waals surface area contributed by atoms with Crippen molar-refractivity contribution in [2.24, 2.45) is 0 Å². The van der Waals surface area contributed by atoms with Crippen LogP contribution >= 0.6 is 0 Å². The molecule has 2 aromatic rings. The van der Waals surface area contributed by atoms with E-state index in [1.165, 1.54) is 12.1 Å². The summed E-state index contributed by atoms with van der Waals surface area (Å²) in [6.45, 7) is 2.64. The number of nitrogens with one attached hydrogen (secondary N) is 1. The third-order valence-corrected chi connectivity index (χ3v) is 4.33. The van der Waals surface area contributed by atoms with Crippen LogP contribution in [0, 0.1) is 0 Å². The molecule has 0 aliphatic carbocycles. The normalized spacial score (nSPS) is 13.9. The number of ether oxygens (including phenoxy) is 1. The molecule has 1 aliphatic rings. The van der Waals surface area contributed by atoms with Gasteiger partial charge in [0.1, 0.15) is 5.75 Å². The van der Waals surface area contributed by atoms with E-state index in [1.807, 2.05) is 13.0 Å². The minimum Gasteiger partial charge on any atom is -0.406 e. The van der Waals surface area contributed by atoms with Gasteiger partial charge >= 0.3 is 6.36 Å². The molecule has 0 atom stereocenters. The minimum absolute atomic E-state index is 0.0901. The summed E-state index contributed by atoms with van der Waals surface area (Å²) in [6.07, 6.45) is -2.91. The van der Waals surface area contributed by atoms with Gasteiger partial charge in [0.25, 0.3) is 5.91 Å². The van der Waals surface area contributed by atoms with Gasteiger partial charge in [0.05, 0.1) is 0 Å². The molecule has 2 aromatic carbocycles. The van der Waals surface area contributed by atoms with Crippen LogP contribution in [0.2, 0.25) is 0 Å². The summed E-state index contributed by atoms with van der Waals surface area (Å²) in [7, 11) is 0. The average molecular weight is 392 g/mol. The summed E-state index contributed by atoms with van der Waals surface area (Å²) in [5.74, 6) is -0.748. The Bertz CT molecular complexity index is 879. The summed E-state index contributed by atoms with van der Waals surface area (Å²) in [4.78, 5) is 26.2. The van der Waals surface area contributed by atoms with E-state index >= 15 is 0 Å². The molecule has 0 saturated carbocycles. The highest BCUT2D eigenvalue weighted by Gasteiger charge is 2.31. The highest BCUT2D eigenvalue weighted by atomic mass is 19.4. The molecule has 1 heterocycles. The van der Waals surface area contributed by atoms with Gasteiger partial charge in [-0.2, -0.15) is 0 Å². The lowest BCUT2D eigenvalue weighted by atomic mass is 10.00. The van der Waals surface area contributed by atoms with Crippen LogP contribution < -0.4 is 15.0 Å². The Morgan fingerprint density at radius 2 is 1.86 bits per heavy atom.